The molecule has 1 atom stereocenters. The number of benzene rings is 1. The molecule has 6 heteroatoms. The number of amides is 1. The van der Waals surface area contributed by atoms with Gasteiger partial charge in [-0.2, -0.15) is 0 Å². The second-order valence-electron chi connectivity index (χ2n) is 4.71. The van der Waals surface area contributed by atoms with Gasteiger partial charge in [0, 0.05) is 17.4 Å². The largest absolute Gasteiger partial charge is 0.351 e. The summed E-state index contributed by atoms with van der Waals surface area (Å²) in [4.78, 5) is 22.4. The number of carbonyl (C=O) groups excluding carboxylic acids is 1. The number of hydrogen-bond donors (Lipinski definition) is 1. The van der Waals surface area contributed by atoms with Gasteiger partial charge in [-0.1, -0.05) is 41.9 Å². The van der Waals surface area contributed by atoms with E-state index < -0.39 is 10.8 Å². The Balaban J connectivity index is 2.66. The SMILES string of the molecule is CC(C)CC(Br)CNC(=O)c1ccccc1[N+](=O)[O-]. The van der Waals surface area contributed by atoms with Crippen LogP contribution in [0.4, 0.5) is 5.69 Å². The van der Waals surface area contributed by atoms with E-state index in [1.54, 1.807) is 12.1 Å². The Morgan fingerprint density at radius 2 is 2.05 bits per heavy atom. The lowest BCUT2D eigenvalue weighted by Crippen LogP contribution is -2.30. The molecule has 0 saturated carbocycles. The Morgan fingerprint density at radius 3 is 2.63 bits per heavy atom. The summed E-state index contributed by atoms with van der Waals surface area (Å²) in [6.07, 6.45) is 0.928. The minimum absolute atomic E-state index is 0.0942. The maximum absolute atomic E-state index is 11.9. The molecule has 0 aliphatic rings. The van der Waals surface area contributed by atoms with E-state index in [9.17, 15) is 14.9 Å². The molecule has 0 aliphatic heterocycles. The summed E-state index contributed by atoms with van der Waals surface area (Å²) < 4.78 is 0. The van der Waals surface area contributed by atoms with E-state index in [-0.39, 0.29) is 16.1 Å². The third-order valence-electron chi connectivity index (χ3n) is 2.56. The molecule has 0 saturated heterocycles. The number of rotatable bonds is 6. The van der Waals surface area contributed by atoms with Crippen molar-refractivity contribution in [1.82, 2.24) is 5.32 Å². The van der Waals surface area contributed by atoms with Gasteiger partial charge in [0.1, 0.15) is 5.56 Å². The van der Waals surface area contributed by atoms with Crippen LogP contribution in [0.15, 0.2) is 24.3 Å². The molecule has 1 aromatic carbocycles. The van der Waals surface area contributed by atoms with Crippen molar-refractivity contribution >= 4 is 27.5 Å². The topological polar surface area (TPSA) is 72.2 Å². The predicted octanol–water partition coefficient (Wildman–Crippen LogP) is 3.13. The van der Waals surface area contributed by atoms with Crippen LogP contribution in [0.3, 0.4) is 0 Å². The van der Waals surface area contributed by atoms with Crippen LogP contribution in [0.5, 0.6) is 0 Å². The Bertz CT molecular complexity index is 463. The van der Waals surface area contributed by atoms with Crippen LogP contribution < -0.4 is 5.32 Å². The molecule has 0 heterocycles. The van der Waals surface area contributed by atoms with Gasteiger partial charge in [-0.05, 0) is 18.4 Å². The lowest BCUT2D eigenvalue weighted by Gasteiger charge is -2.13. The molecular weight excluding hydrogens is 312 g/mol. The molecule has 0 bridgehead atoms. The number of hydrogen-bond acceptors (Lipinski definition) is 3. The average Bonchev–Trinajstić information content (AvgIpc) is 2.35. The van der Waals surface area contributed by atoms with Crippen LogP contribution in [-0.4, -0.2) is 22.2 Å². The number of nitro groups is 1. The van der Waals surface area contributed by atoms with Crippen molar-refractivity contribution in [2.75, 3.05) is 6.54 Å². The van der Waals surface area contributed by atoms with Gasteiger partial charge in [0.25, 0.3) is 11.6 Å². The first-order valence-corrected chi connectivity index (χ1v) is 6.99. The Kier molecular flexibility index (Phi) is 5.95. The summed E-state index contributed by atoms with van der Waals surface area (Å²) in [6.45, 7) is 4.64. The molecular formula is C13H17BrN2O3. The summed E-state index contributed by atoms with van der Waals surface area (Å²) >= 11 is 3.48. The number of nitrogens with zero attached hydrogens (tertiary/aromatic N) is 1. The highest BCUT2D eigenvalue weighted by atomic mass is 79.9. The maximum Gasteiger partial charge on any atom is 0.282 e. The van der Waals surface area contributed by atoms with Gasteiger partial charge >= 0.3 is 0 Å². The smallest absolute Gasteiger partial charge is 0.282 e. The number of nitro benzene ring substituents is 1. The molecule has 0 spiro atoms. The first-order chi connectivity index (χ1) is 8.91. The minimum atomic E-state index is -0.547. The van der Waals surface area contributed by atoms with Crippen molar-refractivity contribution in [3.63, 3.8) is 0 Å². The number of para-hydroxylation sites is 1. The zero-order valence-electron chi connectivity index (χ0n) is 10.9. The number of nitrogens with one attached hydrogen (secondary N) is 1. The average molecular weight is 329 g/mol. The molecule has 104 valence electrons. The molecule has 1 aromatic rings. The van der Waals surface area contributed by atoms with E-state index >= 15 is 0 Å². The maximum atomic E-state index is 11.9. The lowest BCUT2D eigenvalue weighted by molar-refractivity contribution is -0.385. The van der Waals surface area contributed by atoms with E-state index in [0.29, 0.717) is 12.5 Å². The normalized spacial score (nSPS) is 12.2. The van der Waals surface area contributed by atoms with E-state index in [1.165, 1.54) is 12.1 Å². The highest BCUT2D eigenvalue weighted by molar-refractivity contribution is 9.09. The zero-order valence-corrected chi connectivity index (χ0v) is 12.5. The van der Waals surface area contributed by atoms with Gasteiger partial charge in [0.2, 0.25) is 0 Å². The van der Waals surface area contributed by atoms with Crippen LogP contribution in [0.25, 0.3) is 0 Å². The predicted molar refractivity (Wildman–Crippen MR) is 77.6 cm³/mol. The number of carbonyl (C=O) groups is 1. The Labute approximate surface area is 120 Å². The Morgan fingerprint density at radius 1 is 1.42 bits per heavy atom. The molecule has 1 N–H and O–H groups in total. The first kappa shape index (κ1) is 15.6. The molecule has 5 nitrogen and oxygen atoms in total. The fraction of sp³-hybridized carbons (Fsp3) is 0.462. The molecule has 0 aliphatic carbocycles. The Hall–Kier alpha value is -1.43. The van der Waals surface area contributed by atoms with Gasteiger partial charge in [-0.15, -0.1) is 0 Å². The van der Waals surface area contributed by atoms with Gasteiger partial charge in [0.05, 0.1) is 4.92 Å². The van der Waals surface area contributed by atoms with E-state index in [1.807, 2.05) is 0 Å². The van der Waals surface area contributed by atoms with Crippen LogP contribution in [0, 0.1) is 16.0 Å². The second-order valence-corrected chi connectivity index (χ2v) is 6.01. The molecule has 0 aromatic heterocycles. The highest BCUT2D eigenvalue weighted by Crippen LogP contribution is 2.18. The summed E-state index contributed by atoms with van der Waals surface area (Å²) in [5.74, 6) is 0.104. The van der Waals surface area contributed by atoms with Gasteiger partial charge in [-0.25, -0.2) is 0 Å². The van der Waals surface area contributed by atoms with Crippen molar-refractivity contribution in [2.45, 2.75) is 25.1 Å². The summed E-state index contributed by atoms with van der Waals surface area (Å²) in [5.41, 5.74) is -0.0771. The van der Waals surface area contributed by atoms with Gasteiger partial charge < -0.3 is 5.32 Å². The molecule has 0 fully saturated rings. The number of halogens is 1. The minimum Gasteiger partial charge on any atom is -0.351 e. The van der Waals surface area contributed by atoms with Crippen LogP contribution in [0.1, 0.15) is 30.6 Å². The van der Waals surface area contributed by atoms with Gasteiger partial charge in [0.15, 0.2) is 0 Å². The zero-order chi connectivity index (χ0) is 14.4. The summed E-state index contributed by atoms with van der Waals surface area (Å²) in [5, 5.41) is 13.5. The monoisotopic (exact) mass is 328 g/mol. The fourth-order valence-electron chi connectivity index (χ4n) is 1.72. The summed E-state index contributed by atoms with van der Waals surface area (Å²) in [6, 6.07) is 5.94. The van der Waals surface area contributed by atoms with Crippen molar-refractivity contribution in [3.05, 3.63) is 39.9 Å². The fourth-order valence-corrected chi connectivity index (χ4v) is 2.63. The van der Waals surface area contributed by atoms with E-state index in [4.69, 9.17) is 0 Å². The molecule has 19 heavy (non-hydrogen) atoms. The van der Waals surface area contributed by atoms with Crippen molar-refractivity contribution in [3.8, 4) is 0 Å². The molecule has 0 radical (unpaired) electrons. The second kappa shape index (κ2) is 7.23. The lowest BCUT2D eigenvalue weighted by atomic mass is 10.1. The summed E-state index contributed by atoms with van der Waals surface area (Å²) in [7, 11) is 0. The molecule has 1 rings (SSSR count). The highest BCUT2D eigenvalue weighted by Gasteiger charge is 2.19. The van der Waals surface area contributed by atoms with Crippen molar-refractivity contribution in [1.29, 1.82) is 0 Å². The molecule has 1 unspecified atom stereocenters. The van der Waals surface area contributed by atoms with Crippen LogP contribution in [0.2, 0.25) is 0 Å². The van der Waals surface area contributed by atoms with E-state index in [2.05, 4.69) is 35.1 Å². The van der Waals surface area contributed by atoms with Crippen LogP contribution in [-0.2, 0) is 0 Å². The first-order valence-electron chi connectivity index (χ1n) is 6.07. The third kappa shape index (κ3) is 4.98. The third-order valence-corrected chi connectivity index (χ3v) is 3.25. The van der Waals surface area contributed by atoms with Gasteiger partial charge in [-0.3, -0.25) is 14.9 Å². The van der Waals surface area contributed by atoms with Crippen molar-refractivity contribution in [2.24, 2.45) is 5.92 Å². The van der Waals surface area contributed by atoms with Crippen LogP contribution >= 0.6 is 15.9 Å². The van der Waals surface area contributed by atoms with Crippen molar-refractivity contribution < 1.29 is 9.72 Å². The standard InChI is InChI=1S/C13H17BrN2O3/c1-9(2)7-10(14)8-15-13(17)11-5-3-4-6-12(11)16(18)19/h3-6,9-10H,7-8H2,1-2H3,(H,15,17). The quantitative estimate of drug-likeness (QED) is 0.495. The molecule has 1 amide bonds. The van der Waals surface area contributed by atoms with E-state index in [0.717, 1.165) is 6.42 Å². The number of alkyl halides is 1.